The molecule has 0 saturated carbocycles. The van der Waals surface area contributed by atoms with Gasteiger partial charge in [0, 0.05) is 25.1 Å². The molecule has 88 valence electrons. The summed E-state index contributed by atoms with van der Waals surface area (Å²) in [6.45, 7) is 6.58. The number of rotatable bonds is 5. The molecule has 0 aliphatic heterocycles. The Balaban J connectivity index is 2.49. The van der Waals surface area contributed by atoms with Crippen LogP contribution < -0.4 is 9.88 Å². The van der Waals surface area contributed by atoms with Crippen LogP contribution in [0.3, 0.4) is 0 Å². The maximum absolute atomic E-state index is 11.7. The van der Waals surface area contributed by atoms with E-state index in [1.807, 2.05) is 42.8 Å². The standard InChI is InChI=1S/C13H20N2O/c1-4-7-11(2)14-13(16)10-15-9-6-5-8-12(15)3/h5-6,8-9,11H,4,7,10H2,1-3H3/p+1/t11-/m1/s1. The van der Waals surface area contributed by atoms with Crippen LogP contribution in [-0.2, 0) is 11.3 Å². The summed E-state index contributed by atoms with van der Waals surface area (Å²) >= 11 is 0. The van der Waals surface area contributed by atoms with E-state index in [1.165, 1.54) is 0 Å². The molecule has 0 saturated heterocycles. The van der Waals surface area contributed by atoms with Crippen molar-refractivity contribution in [1.29, 1.82) is 0 Å². The lowest BCUT2D eigenvalue weighted by molar-refractivity contribution is -0.690. The lowest BCUT2D eigenvalue weighted by atomic mass is 10.2. The topological polar surface area (TPSA) is 33.0 Å². The van der Waals surface area contributed by atoms with Gasteiger partial charge in [0.1, 0.15) is 0 Å². The molecule has 0 bridgehead atoms. The molecule has 1 rings (SSSR count). The molecule has 0 aliphatic rings. The Kier molecular flexibility index (Phi) is 4.96. The van der Waals surface area contributed by atoms with Gasteiger partial charge in [0.05, 0.1) is 0 Å². The first-order valence-electron chi connectivity index (χ1n) is 5.88. The number of pyridine rings is 1. The molecule has 1 aromatic rings. The SMILES string of the molecule is CCC[C@@H](C)NC(=O)C[n+]1ccccc1C. The third-order valence-corrected chi connectivity index (χ3v) is 2.61. The Hall–Kier alpha value is -1.38. The van der Waals surface area contributed by atoms with Gasteiger partial charge in [0.25, 0.3) is 5.91 Å². The van der Waals surface area contributed by atoms with E-state index in [9.17, 15) is 4.79 Å². The van der Waals surface area contributed by atoms with Crippen molar-refractivity contribution in [2.45, 2.75) is 46.2 Å². The summed E-state index contributed by atoms with van der Waals surface area (Å²) < 4.78 is 1.95. The molecule has 1 amide bonds. The number of hydrogen-bond donors (Lipinski definition) is 1. The summed E-state index contributed by atoms with van der Waals surface area (Å²) in [4.78, 5) is 11.7. The van der Waals surface area contributed by atoms with Crippen molar-refractivity contribution in [2.75, 3.05) is 0 Å². The molecule has 0 aliphatic carbocycles. The molecule has 1 heterocycles. The van der Waals surface area contributed by atoms with Crippen LogP contribution in [0.5, 0.6) is 0 Å². The largest absolute Gasteiger partial charge is 0.348 e. The minimum Gasteiger partial charge on any atom is -0.348 e. The fraction of sp³-hybridized carbons (Fsp3) is 0.538. The summed E-state index contributed by atoms with van der Waals surface area (Å²) in [5.41, 5.74) is 1.10. The first-order chi connectivity index (χ1) is 7.63. The second-order valence-corrected chi connectivity index (χ2v) is 4.23. The molecule has 16 heavy (non-hydrogen) atoms. The predicted molar refractivity (Wildman–Crippen MR) is 63.9 cm³/mol. The summed E-state index contributed by atoms with van der Waals surface area (Å²) in [5.74, 6) is 0.0836. The first-order valence-corrected chi connectivity index (χ1v) is 5.88. The van der Waals surface area contributed by atoms with Crippen molar-refractivity contribution in [3.8, 4) is 0 Å². The van der Waals surface area contributed by atoms with Gasteiger partial charge < -0.3 is 5.32 Å². The second kappa shape index (κ2) is 6.26. The molecule has 0 unspecified atom stereocenters. The summed E-state index contributed by atoms with van der Waals surface area (Å²) in [7, 11) is 0. The third-order valence-electron chi connectivity index (χ3n) is 2.61. The summed E-state index contributed by atoms with van der Waals surface area (Å²) in [6, 6.07) is 6.18. The van der Waals surface area contributed by atoms with Gasteiger partial charge in [0.2, 0.25) is 6.54 Å². The molecule has 0 radical (unpaired) electrons. The number of nitrogens with zero attached hydrogens (tertiary/aromatic N) is 1. The summed E-state index contributed by atoms with van der Waals surface area (Å²) in [5, 5.41) is 3.00. The minimum absolute atomic E-state index is 0.0836. The molecule has 3 nitrogen and oxygen atoms in total. The monoisotopic (exact) mass is 221 g/mol. The number of aromatic nitrogens is 1. The fourth-order valence-electron chi connectivity index (χ4n) is 1.72. The zero-order valence-electron chi connectivity index (χ0n) is 10.4. The van der Waals surface area contributed by atoms with E-state index in [0.717, 1.165) is 18.5 Å². The predicted octanol–water partition coefficient (Wildman–Crippen LogP) is 1.59. The lowest BCUT2D eigenvalue weighted by Gasteiger charge is -2.11. The Bertz CT molecular complexity index is 350. The molecular weight excluding hydrogens is 200 g/mol. The molecule has 1 atom stereocenters. The highest BCUT2D eigenvalue weighted by molar-refractivity contribution is 5.74. The highest BCUT2D eigenvalue weighted by Crippen LogP contribution is 1.94. The first kappa shape index (κ1) is 12.7. The van der Waals surface area contributed by atoms with Crippen molar-refractivity contribution < 1.29 is 9.36 Å². The van der Waals surface area contributed by atoms with Crippen molar-refractivity contribution in [3.05, 3.63) is 30.1 Å². The van der Waals surface area contributed by atoms with Crippen LogP contribution in [0, 0.1) is 6.92 Å². The molecule has 1 N–H and O–H groups in total. The zero-order valence-corrected chi connectivity index (χ0v) is 10.4. The molecular formula is C13H21N2O+. The number of amides is 1. The van der Waals surface area contributed by atoms with Gasteiger partial charge in [-0.1, -0.05) is 19.4 Å². The van der Waals surface area contributed by atoms with Crippen molar-refractivity contribution in [3.63, 3.8) is 0 Å². The van der Waals surface area contributed by atoms with Gasteiger partial charge in [-0.15, -0.1) is 0 Å². The van der Waals surface area contributed by atoms with Gasteiger partial charge in [-0.05, 0) is 13.3 Å². The quantitative estimate of drug-likeness (QED) is 0.752. The van der Waals surface area contributed by atoms with Crippen LogP contribution in [-0.4, -0.2) is 11.9 Å². The molecule has 3 heteroatoms. The third kappa shape index (κ3) is 4.01. The highest BCUT2D eigenvalue weighted by atomic mass is 16.2. The Morgan fingerprint density at radius 2 is 2.25 bits per heavy atom. The van der Waals surface area contributed by atoms with E-state index in [0.29, 0.717) is 6.54 Å². The van der Waals surface area contributed by atoms with Crippen molar-refractivity contribution >= 4 is 5.91 Å². The Morgan fingerprint density at radius 1 is 1.50 bits per heavy atom. The van der Waals surface area contributed by atoms with E-state index < -0.39 is 0 Å². The maximum Gasteiger partial charge on any atom is 0.286 e. The highest BCUT2D eigenvalue weighted by Gasteiger charge is 2.13. The van der Waals surface area contributed by atoms with Crippen LogP contribution in [0.25, 0.3) is 0 Å². The molecule has 0 fully saturated rings. The van der Waals surface area contributed by atoms with Crippen LogP contribution in [0.4, 0.5) is 0 Å². The molecule has 0 spiro atoms. The average Bonchev–Trinajstić information content (AvgIpc) is 2.21. The number of carbonyl (C=O) groups is 1. The molecule has 0 aromatic carbocycles. The van der Waals surface area contributed by atoms with Crippen molar-refractivity contribution in [1.82, 2.24) is 5.32 Å². The van der Waals surface area contributed by atoms with Crippen LogP contribution in [0.15, 0.2) is 24.4 Å². The average molecular weight is 221 g/mol. The minimum atomic E-state index is 0.0836. The van der Waals surface area contributed by atoms with E-state index in [-0.39, 0.29) is 11.9 Å². The maximum atomic E-state index is 11.7. The van der Waals surface area contributed by atoms with Crippen LogP contribution >= 0.6 is 0 Å². The number of carbonyl (C=O) groups excluding carboxylic acids is 1. The fourth-order valence-corrected chi connectivity index (χ4v) is 1.72. The van der Waals surface area contributed by atoms with E-state index in [1.54, 1.807) is 0 Å². The Morgan fingerprint density at radius 3 is 2.88 bits per heavy atom. The number of nitrogens with one attached hydrogen (secondary N) is 1. The summed E-state index contributed by atoms with van der Waals surface area (Å²) in [6.07, 6.45) is 4.06. The van der Waals surface area contributed by atoms with Gasteiger partial charge >= 0.3 is 0 Å². The van der Waals surface area contributed by atoms with Crippen molar-refractivity contribution in [2.24, 2.45) is 0 Å². The normalized spacial score (nSPS) is 12.2. The Labute approximate surface area is 97.5 Å². The van der Waals surface area contributed by atoms with Gasteiger partial charge in [0.15, 0.2) is 11.9 Å². The van der Waals surface area contributed by atoms with E-state index in [2.05, 4.69) is 12.2 Å². The van der Waals surface area contributed by atoms with Gasteiger partial charge in [-0.25, -0.2) is 0 Å². The lowest BCUT2D eigenvalue weighted by Crippen LogP contribution is -2.46. The zero-order chi connectivity index (χ0) is 12.0. The van der Waals surface area contributed by atoms with E-state index >= 15 is 0 Å². The number of aryl methyl sites for hydroxylation is 1. The molecule has 1 aromatic heterocycles. The number of hydrogen-bond acceptors (Lipinski definition) is 1. The smallest absolute Gasteiger partial charge is 0.286 e. The van der Waals surface area contributed by atoms with Gasteiger partial charge in [-0.2, -0.15) is 4.57 Å². The van der Waals surface area contributed by atoms with Gasteiger partial charge in [-0.3, -0.25) is 4.79 Å². The van der Waals surface area contributed by atoms with Crippen LogP contribution in [0.2, 0.25) is 0 Å². The second-order valence-electron chi connectivity index (χ2n) is 4.23. The van der Waals surface area contributed by atoms with E-state index in [4.69, 9.17) is 0 Å². The van der Waals surface area contributed by atoms with Crippen LogP contribution in [0.1, 0.15) is 32.4 Å².